The molecule has 3 aromatic carbocycles. The molecule has 1 amide bonds. The molecular weight excluding hydrogens is 414 g/mol. The van der Waals surface area contributed by atoms with Gasteiger partial charge >= 0.3 is 0 Å². The molecular formula is C25H22ClNO4. The van der Waals surface area contributed by atoms with Crippen LogP contribution in [0, 0.1) is 6.92 Å². The number of aliphatic hydroxyl groups is 1. The van der Waals surface area contributed by atoms with Gasteiger partial charge in [-0.05, 0) is 42.8 Å². The van der Waals surface area contributed by atoms with Crippen molar-refractivity contribution >= 4 is 29.0 Å². The summed E-state index contributed by atoms with van der Waals surface area (Å²) in [5.41, 5.74) is 1.29. The summed E-state index contributed by atoms with van der Waals surface area (Å²) in [6.07, 6.45) is -0.392. The van der Waals surface area contributed by atoms with Gasteiger partial charge in [0.1, 0.15) is 5.75 Å². The molecule has 0 radical (unpaired) electrons. The highest BCUT2D eigenvalue weighted by molar-refractivity contribution is 6.31. The smallest absolute Gasteiger partial charge is 0.264 e. The third-order valence-electron chi connectivity index (χ3n) is 5.56. The Hall–Kier alpha value is -3.15. The maximum absolute atomic E-state index is 13.4. The SMILES string of the molecule is COc1cccc(C(=O)C[C@]2(O)C(=O)N(Cc3ccc(C)cc3)c3ccc(Cl)cc32)c1. The van der Waals surface area contributed by atoms with Gasteiger partial charge in [0.15, 0.2) is 11.4 Å². The van der Waals surface area contributed by atoms with Gasteiger partial charge in [-0.2, -0.15) is 0 Å². The van der Waals surface area contributed by atoms with Crippen LogP contribution in [0.1, 0.15) is 33.5 Å². The monoisotopic (exact) mass is 435 g/mol. The minimum atomic E-state index is -1.99. The van der Waals surface area contributed by atoms with Crippen molar-refractivity contribution in [2.24, 2.45) is 0 Å². The molecule has 3 aromatic rings. The second kappa shape index (κ2) is 8.17. The number of carbonyl (C=O) groups is 2. The Kier molecular flexibility index (Phi) is 5.56. The van der Waals surface area contributed by atoms with Crippen molar-refractivity contribution in [1.29, 1.82) is 0 Å². The predicted octanol–water partition coefficient (Wildman–Crippen LogP) is 4.66. The van der Waals surface area contributed by atoms with Gasteiger partial charge < -0.3 is 14.7 Å². The first-order valence-electron chi connectivity index (χ1n) is 9.89. The van der Waals surface area contributed by atoms with E-state index in [1.165, 1.54) is 12.0 Å². The molecule has 1 heterocycles. The van der Waals surface area contributed by atoms with E-state index < -0.39 is 17.9 Å². The molecule has 0 saturated heterocycles. The summed E-state index contributed by atoms with van der Waals surface area (Å²) in [6, 6.07) is 19.4. The van der Waals surface area contributed by atoms with Gasteiger partial charge in [-0.15, -0.1) is 0 Å². The zero-order valence-corrected chi connectivity index (χ0v) is 18.0. The van der Waals surface area contributed by atoms with E-state index in [4.69, 9.17) is 16.3 Å². The fourth-order valence-corrected chi connectivity index (χ4v) is 4.03. The lowest BCUT2D eigenvalue weighted by Crippen LogP contribution is -2.41. The van der Waals surface area contributed by atoms with E-state index in [1.807, 2.05) is 31.2 Å². The van der Waals surface area contributed by atoms with Crippen LogP contribution in [0.4, 0.5) is 5.69 Å². The second-order valence-corrected chi connectivity index (χ2v) is 8.17. The van der Waals surface area contributed by atoms with Crippen molar-refractivity contribution in [3.63, 3.8) is 0 Å². The second-order valence-electron chi connectivity index (χ2n) is 7.73. The van der Waals surface area contributed by atoms with Crippen LogP contribution < -0.4 is 9.64 Å². The first-order chi connectivity index (χ1) is 14.8. The molecule has 158 valence electrons. The molecule has 1 N–H and O–H groups in total. The zero-order valence-electron chi connectivity index (χ0n) is 17.3. The Bertz CT molecular complexity index is 1160. The molecule has 0 unspecified atom stereocenters. The number of Topliss-reactive ketones (excluding diaryl/α,β-unsaturated/α-hetero) is 1. The van der Waals surface area contributed by atoms with Gasteiger partial charge in [-0.25, -0.2) is 0 Å². The van der Waals surface area contributed by atoms with Crippen molar-refractivity contribution in [3.8, 4) is 5.75 Å². The minimum absolute atomic E-state index is 0.281. The quantitative estimate of drug-likeness (QED) is 0.571. The maximum Gasteiger partial charge on any atom is 0.264 e. The number of halogens is 1. The Morgan fingerprint density at radius 2 is 1.84 bits per heavy atom. The Morgan fingerprint density at radius 1 is 1.10 bits per heavy atom. The Balaban J connectivity index is 1.69. The average molecular weight is 436 g/mol. The van der Waals surface area contributed by atoms with Crippen molar-refractivity contribution in [1.82, 2.24) is 0 Å². The normalized spacial score (nSPS) is 17.5. The summed E-state index contributed by atoms with van der Waals surface area (Å²) >= 11 is 6.17. The summed E-state index contributed by atoms with van der Waals surface area (Å²) in [5, 5.41) is 11.9. The first kappa shape index (κ1) is 21.1. The van der Waals surface area contributed by atoms with Crippen LogP contribution in [0.3, 0.4) is 0 Å². The summed E-state index contributed by atoms with van der Waals surface area (Å²) in [4.78, 5) is 27.9. The summed E-state index contributed by atoms with van der Waals surface area (Å²) < 4.78 is 5.18. The molecule has 4 rings (SSSR count). The number of hydrogen-bond acceptors (Lipinski definition) is 4. The van der Waals surface area contributed by atoms with Gasteiger partial charge in [0.2, 0.25) is 0 Å². The van der Waals surface area contributed by atoms with E-state index in [2.05, 4.69) is 0 Å². The van der Waals surface area contributed by atoms with Gasteiger partial charge in [-0.1, -0.05) is 53.6 Å². The summed E-state index contributed by atoms with van der Waals surface area (Å²) in [6.45, 7) is 2.27. The number of fused-ring (bicyclic) bond motifs is 1. The van der Waals surface area contributed by atoms with Crippen LogP contribution >= 0.6 is 11.6 Å². The van der Waals surface area contributed by atoms with Gasteiger partial charge in [0.25, 0.3) is 5.91 Å². The highest BCUT2D eigenvalue weighted by Crippen LogP contribution is 2.44. The molecule has 31 heavy (non-hydrogen) atoms. The van der Waals surface area contributed by atoms with Crippen LogP contribution in [0.2, 0.25) is 5.02 Å². The van der Waals surface area contributed by atoms with Gasteiger partial charge in [-0.3, -0.25) is 9.59 Å². The highest BCUT2D eigenvalue weighted by Gasteiger charge is 2.51. The fourth-order valence-electron chi connectivity index (χ4n) is 3.86. The topological polar surface area (TPSA) is 66.8 Å². The lowest BCUT2D eigenvalue weighted by Gasteiger charge is -2.23. The molecule has 5 nitrogen and oxygen atoms in total. The van der Waals surface area contributed by atoms with Crippen molar-refractivity contribution in [2.75, 3.05) is 12.0 Å². The number of amides is 1. The lowest BCUT2D eigenvalue weighted by atomic mass is 9.88. The molecule has 1 aliphatic rings. The summed E-state index contributed by atoms with van der Waals surface area (Å²) in [7, 11) is 1.51. The predicted molar refractivity (Wildman–Crippen MR) is 120 cm³/mol. The minimum Gasteiger partial charge on any atom is -0.497 e. The van der Waals surface area contributed by atoms with E-state index in [0.717, 1.165) is 11.1 Å². The zero-order chi connectivity index (χ0) is 22.2. The van der Waals surface area contributed by atoms with E-state index in [0.29, 0.717) is 27.6 Å². The summed E-state index contributed by atoms with van der Waals surface area (Å²) in [5.74, 6) is -0.375. The standard InChI is InChI=1S/C25H22ClNO4/c1-16-6-8-17(9-7-16)15-27-22-11-10-19(26)13-21(22)25(30,24(27)29)14-23(28)18-4-3-5-20(12-18)31-2/h3-13,30H,14-15H2,1-2H3/t25-/m1/s1. The van der Waals surface area contributed by atoms with Gasteiger partial charge in [0, 0.05) is 16.1 Å². The van der Waals surface area contributed by atoms with E-state index in [9.17, 15) is 14.7 Å². The molecule has 0 fully saturated rings. The van der Waals surface area contributed by atoms with Crippen LogP contribution in [0.5, 0.6) is 5.75 Å². The molecule has 0 aromatic heterocycles. The van der Waals surface area contributed by atoms with Crippen LogP contribution in [0.15, 0.2) is 66.7 Å². The van der Waals surface area contributed by atoms with Crippen LogP contribution in [-0.2, 0) is 16.9 Å². The van der Waals surface area contributed by atoms with E-state index in [-0.39, 0.29) is 12.3 Å². The van der Waals surface area contributed by atoms with Crippen LogP contribution in [0.25, 0.3) is 0 Å². The number of carbonyl (C=O) groups excluding carboxylic acids is 2. The Morgan fingerprint density at radius 3 is 2.55 bits per heavy atom. The van der Waals surface area contributed by atoms with Crippen molar-refractivity contribution in [3.05, 3.63) is 94.0 Å². The van der Waals surface area contributed by atoms with Crippen molar-refractivity contribution in [2.45, 2.75) is 25.5 Å². The van der Waals surface area contributed by atoms with E-state index in [1.54, 1.807) is 42.5 Å². The van der Waals surface area contributed by atoms with Crippen LogP contribution in [-0.4, -0.2) is 23.9 Å². The molecule has 1 aliphatic heterocycles. The molecule has 0 aliphatic carbocycles. The number of rotatable bonds is 6. The molecule has 0 bridgehead atoms. The maximum atomic E-state index is 13.4. The number of nitrogens with zero attached hydrogens (tertiary/aromatic N) is 1. The largest absolute Gasteiger partial charge is 0.497 e. The fraction of sp³-hybridized carbons (Fsp3) is 0.200. The van der Waals surface area contributed by atoms with E-state index >= 15 is 0 Å². The Labute approximate surface area is 185 Å². The number of aryl methyl sites for hydroxylation is 1. The van der Waals surface area contributed by atoms with Gasteiger partial charge in [0.05, 0.1) is 25.8 Å². The molecule has 6 heteroatoms. The molecule has 1 atom stereocenters. The number of ether oxygens (including phenoxy) is 1. The highest BCUT2D eigenvalue weighted by atomic mass is 35.5. The number of methoxy groups -OCH3 is 1. The number of anilines is 1. The number of hydrogen-bond donors (Lipinski definition) is 1. The third kappa shape index (κ3) is 3.94. The number of ketones is 1. The molecule has 0 spiro atoms. The lowest BCUT2D eigenvalue weighted by molar-refractivity contribution is -0.136. The average Bonchev–Trinajstić information content (AvgIpc) is 2.96. The van der Waals surface area contributed by atoms with Crippen molar-refractivity contribution < 1.29 is 19.4 Å². The molecule has 0 saturated carbocycles. The number of benzene rings is 3. The first-order valence-corrected chi connectivity index (χ1v) is 10.3. The third-order valence-corrected chi connectivity index (χ3v) is 5.80.